The maximum Gasteiger partial charge on any atom is 0.0937 e. The molecule has 1 fully saturated rings. The molecule has 1 aliphatic rings. The first kappa shape index (κ1) is 11.1. The number of thiazole rings is 1. The Morgan fingerprint density at radius 2 is 2.47 bits per heavy atom. The first-order chi connectivity index (χ1) is 7.16. The van der Waals surface area contributed by atoms with Crippen LogP contribution in [0.2, 0.25) is 0 Å². The molecule has 0 spiro atoms. The zero-order valence-electron chi connectivity index (χ0n) is 9.62. The predicted molar refractivity (Wildman–Crippen MR) is 65.2 cm³/mol. The lowest BCUT2D eigenvalue weighted by atomic mass is 9.92. The minimum Gasteiger partial charge on any atom is -0.314 e. The lowest BCUT2D eigenvalue weighted by Crippen LogP contribution is -2.29. The fraction of sp³-hybridized carbons (Fsp3) is 0.750. The largest absolute Gasteiger partial charge is 0.314 e. The first-order valence-electron chi connectivity index (χ1n) is 5.77. The Bertz CT molecular complexity index is 293. The molecular weight excluding hydrogens is 204 g/mol. The number of nitrogens with zero attached hydrogens (tertiary/aromatic N) is 1. The molecule has 0 bridgehead atoms. The molecule has 1 aliphatic carbocycles. The third kappa shape index (κ3) is 3.28. The molecule has 1 atom stereocenters. The van der Waals surface area contributed by atoms with Gasteiger partial charge in [-0.1, -0.05) is 13.8 Å². The van der Waals surface area contributed by atoms with E-state index in [4.69, 9.17) is 0 Å². The van der Waals surface area contributed by atoms with E-state index in [9.17, 15) is 0 Å². The van der Waals surface area contributed by atoms with E-state index in [-0.39, 0.29) is 0 Å². The molecule has 0 aromatic carbocycles. The van der Waals surface area contributed by atoms with Crippen LogP contribution < -0.4 is 5.32 Å². The van der Waals surface area contributed by atoms with E-state index in [1.807, 2.05) is 11.6 Å². The molecule has 1 aromatic rings. The topological polar surface area (TPSA) is 24.9 Å². The highest BCUT2D eigenvalue weighted by atomic mass is 32.1. The summed E-state index contributed by atoms with van der Waals surface area (Å²) in [5.41, 5.74) is 0.554. The van der Waals surface area contributed by atoms with Gasteiger partial charge in [0, 0.05) is 30.6 Å². The molecule has 0 saturated heterocycles. The molecule has 0 amide bonds. The summed E-state index contributed by atoms with van der Waals surface area (Å²) in [6, 6.07) is 0.736. The van der Waals surface area contributed by atoms with Crippen molar-refractivity contribution >= 4 is 11.3 Å². The second kappa shape index (κ2) is 4.62. The van der Waals surface area contributed by atoms with Crippen molar-refractivity contribution in [3.8, 4) is 0 Å². The molecule has 3 heteroatoms. The second-order valence-corrected chi connectivity index (χ2v) is 6.21. The molecule has 2 rings (SSSR count). The highest BCUT2D eigenvalue weighted by Gasteiger charge is 2.30. The smallest absolute Gasteiger partial charge is 0.0937 e. The van der Waals surface area contributed by atoms with Gasteiger partial charge in [0.2, 0.25) is 0 Å². The average molecular weight is 224 g/mol. The lowest BCUT2D eigenvalue weighted by molar-refractivity contribution is 0.365. The van der Waals surface area contributed by atoms with Crippen LogP contribution >= 0.6 is 11.3 Å². The van der Waals surface area contributed by atoms with Gasteiger partial charge in [0.1, 0.15) is 0 Å². The monoisotopic (exact) mass is 224 g/mol. The van der Waals surface area contributed by atoms with Gasteiger partial charge < -0.3 is 5.32 Å². The predicted octanol–water partition coefficient (Wildman–Crippen LogP) is 2.85. The summed E-state index contributed by atoms with van der Waals surface area (Å²) >= 11 is 1.75. The Morgan fingerprint density at radius 1 is 1.60 bits per heavy atom. The van der Waals surface area contributed by atoms with Crippen molar-refractivity contribution in [1.29, 1.82) is 0 Å². The third-order valence-corrected chi connectivity index (χ3v) is 4.06. The molecule has 2 nitrogen and oxygen atoms in total. The molecule has 1 N–H and O–H groups in total. The van der Waals surface area contributed by atoms with Gasteiger partial charge in [-0.15, -0.1) is 11.3 Å². The van der Waals surface area contributed by atoms with E-state index in [0.29, 0.717) is 5.41 Å². The van der Waals surface area contributed by atoms with Crippen molar-refractivity contribution < 1.29 is 0 Å². The summed E-state index contributed by atoms with van der Waals surface area (Å²) in [5.74, 6) is 0. The van der Waals surface area contributed by atoms with Crippen LogP contribution in [0, 0.1) is 5.41 Å². The first-order valence-corrected chi connectivity index (χ1v) is 6.65. The summed E-state index contributed by atoms with van der Waals surface area (Å²) < 4.78 is 0. The molecule has 1 heterocycles. The molecule has 0 aliphatic heterocycles. The van der Waals surface area contributed by atoms with E-state index in [1.54, 1.807) is 11.3 Å². The van der Waals surface area contributed by atoms with Gasteiger partial charge in [-0.25, -0.2) is 4.98 Å². The van der Waals surface area contributed by atoms with Crippen LogP contribution in [-0.2, 0) is 6.42 Å². The Kier molecular flexibility index (Phi) is 3.42. The summed E-state index contributed by atoms with van der Waals surface area (Å²) in [4.78, 5) is 4.29. The van der Waals surface area contributed by atoms with Crippen molar-refractivity contribution in [3.63, 3.8) is 0 Å². The maximum absolute atomic E-state index is 4.29. The van der Waals surface area contributed by atoms with Crippen LogP contribution in [0.4, 0.5) is 0 Å². The fourth-order valence-electron chi connectivity index (χ4n) is 2.37. The van der Waals surface area contributed by atoms with E-state index in [1.165, 1.54) is 24.3 Å². The summed E-state index contributed by atoms with van der Waals surface area (Å²) in [6.07, 6.45) is 6.99. The van der Waals surface area contributed by atoms with Gasteiger partial charge in [0.25, 0.3) is 0 Å². The van der Waals surface area contributed by atoms with Gasteiger partial charge >= 0.3 is 0 Å². The molecule has 1 unspecified atom stereocenters. The number of rotatable bonds is 4. The Hall–Kier alpha value is -0.410. The van der Waals surface area contributed by atoms with Gasteiger partial charge in [-0.05, 0) is 24.7 Å². The zero-order chi connectivity index (χ0) is 10.7. The SMILES string of the molecule is CC1(C)CCC(NCCc2nccs2)C1. The molecule has 1 saturated carbocycles. The van der Waals surface area contributed by atoms with Crippen LogP contribution in [0.3, 0.4) is 0 Å². The summed E-state index contributed by atoms with van der Waals surface area (Å²) in [6.45, 7) is 5.82. The summed E-state index contributed by atoms with van der Waals surface area (Å²) in [5, 5.41) is 6.94. The average Bonchev–Trinajstić information content (AvgIpc) is 2.76. The van der Waals surface area contributed by atoms with E-state index >= 15 is 0 Å². The van der Waals surface area contributed by atoms with Crippen molar-refractivity contribution in [3.05, 3.63) is 16.6 Å². The molecular formula is C12H20N2S. The Morgan fingerprint density at radius 3 is 3.07 bits per heavy atom. The van der Waals surface area contributed by atoms with Gasteiger partial charge in [-0.2, -0.15) is 0 Å². The minimum absolute atomic E-state index is 0.554. The van der Waals surface area contributed by atoms with Crippen LogP contribution in [0.1, 0.15) is 38.1 Å². The quantitative estimate of drug-likeness (QED) is 0.850. The molecule has 1 aromatic heterocycles. The molecule has 84 valence electrons. The van der Waals surface area contributed by atoms with Crippen molar-refractivity contribution in [2.75, 3.05) is 6.54 Å². The van der Waals surface area contributed by atoms with Crippen LogP contribution in [-0.4, -0.2) is 17.6 Å². The van der Waals surface area contributed by atoms with E-state index in [0.717, 1.165) is 19.0 Å². The molecule has 0 radical (unpaired) electrons. The summed E-state index contributed by atoms with van der Waals surface area (Å²) in [7, 11) is 0. The normalized spacial score (nSPS) is 24.5. The maximum atomic E-state index is 4.29. The van der Waals surface area contributed by atoms with Crippen LogP contribution in [0.15, 0.2) is 11.6 Å². The Balaban J connectivity index is 1.67. The van der Waals surface area contributed by atoms with E-state index in [2.05, 4.69) is 24.1 Å². The van der Waals surface area contributed by atoms with Crippen LogP contribution in [0.25, 0.3) is 0 Å². The minimum atomic E-state index is 0.554. The Labute approximate surface area is 96.1 Å². The standard InChI is InChI=1S/C12H20N2S/c1-12(2)5-3-10(9-12)13-6-4-11-14-7-8-15-11/h7-8,10,13H,3-6,9H2,1-2H3. The lowest BCUT2D eigenvalue weighted by Gasteiger charge is -2.17. The number of aromatic nitrogens is 1. The number of hydrogen-bond donors (Lipinski definition) is 1. The third-order valence-electron chi connectivity index (χ3n) is 3.22. The van der Waals surface area contributed by atoms with E-state index < -0.39 is 0 Å². The van der Waals surface area contributed by atoms with Crippen molar-refractivity contribution in [1.82, 2.24) is 10.3 Å². The van der Waals surface area contributed by atoms with Crippen molar-refractivity contribution in [2.24, 2.45) is 5.41 Å². The van der Waals surface area contributed by atoms with Crippen molar-refractivity contribution in [2.45, 2.75) is 45.6 Å². The van der Waals surface area contributed by atoms with Crippen LogP contribution in [0.5, 0.6) is 0 Å². The highest BCUT2D eigenvalue weighted by Crippen LogP contribution is 2.36. The number of nitrogens with one attached hydrogen (secondary N) is 1. The molecule has 15 heavy (non-hydrogen) atoms. The van der Waals surface area contributed by atoms with Gasteiger partial charge in [-0.3, -0.25) is 0 Å². The van der Waals surface area contributed by atoms with Gasteiger partial charge in [0.05, 0.1) is 5.01 Å². The number of hydrogen-bond acceptors (Lipinski definition) is 3. The fourth-order valence-corrected chi connectivity index (χ4v) is 2.99. The van der Waals surface area contributed by atoms with Gasteiger partial charge in [0.15, 0.2) is 0 Å². The highest BCUT2D eigenvalue weighted by molar-refractivity contribution is 7.09. The zero-order valence-corrected chi connectivity index (χ0v) is 10.4. The second-order valence-electron chi connectivity index (χ2n) is 5.23.